The molecule has 2 N–H and O–H groups in total. The number of hydrogen-bond donors (Lipinski definition) is 2. The first-order valence-electron chi connectivity index (χ1n) is 10.4. The van der Waals surface area contributed by atoms with E-state index >= 15 is 0 Å². The van der Waals surface area contributed by atoms with Crippen LogP contribution in [0.2, 0.25) is 0 Å². The highest BCUT2D eigenvalue weighted by molar-refractivity contribution is 7.15. The molecule has 32 heavy (non-hydrogen) atoms. The molecule has 3 rings (SSSR count). The van der Waals surface area contributed by atoms with Gasteiger partial charge in [-0.15, -0.1) is 11.3 Å². The average molecular weight is 454 g/mol. The quantitative estimate of drug-likeness (QED) is 0.504. The molecule has 0 bridgehead atoms. The van der Waals surface area contributed by atoms with Crippen LogP contribution >= 0.6 is 11.3 Å². The van der Waals surface area contributed by atoms with E-state index < -0.39 is 12.1 Å². The van der Waals surface area contributed by atoms with E-state index in [0.717, 1.165) is 26.6 Å². The Labute approximate surface area is 191 Å². The lowest BCUT2D eigenvalue weighted by atomic mass is 10.1. The largest absolute Gasteiger partial charge is 0.479 e. The molecule has 7 nitrogen and oxygen atoms in total. The SMILES string of the molecule is Cc1ccccc1-c1nc(C(=O)NCc2cc(CC(OC(C)C)C(=O)O)ccn2)c(C)s1. The molecule has 0 aliphatic carbocycles. The maximum atomic E-state index is 12.7. The van der Waals surface area contributed by atoms with Crippen LogP contribution in [0.4, 0.5) is 0 Å². The van der Waals surface area contributed by atoms with Crippen LogP contribution in [0.3, 0.4) is 0 Å². The molecule has 1 unspecified atom stereocenters. The number of pyridine rings is 1. The van der Waals surface area contributed by atoms with Gasteiger partial charge < -0.3 is 15.2 Å². The summed E-state index contributed by atoms with van der Waals surface area (Å²) < 4.78 is 5.48. The molecule has 0 spiro atoms. The van der Waals surface area contributed by atoms with Crippen molar-refractivity contribution in [3.63, 3.8) is 0 Å². The molecule has 1 amide bonds. The Hall–Kier alpha value is -3.10. The molecule has 3 aromatic rings. The van der Waals surface area contributed by atoms with Gasteiger partial charge in [-0.3, -0.25) is 9.78 Å². The monoisotopic (exact) mass is 453 g/mol. The van der Waals surface area contributed by atoms with Gasteiger partial charge in [0.05, 0.1) is 18.3 Å². The van der Waals surface area contributed by atoms with Gasteiger partial charge in [0.2, 0.25) is 0 Å². The number of carbonyl (C=O) groups excluding carboxylic acids is 1. The topological polar surface area (TPSA) is 101 Å². The number of nitrogens with zero attached hydrogens (tertiary/aromatic N) is 2. The second-order valence-corrected chi connectivity index (χ2v) is 9.00. The summed E-state index contributed by atoms with van der Waals surface area (Å²) in [6, 6.07) is 11.5. The minimum absolute atomic E-state index is 0.192. The number of carbonyl (C=O) groups is 2. The summed E-state index contributed by atoms with van der Waals surface area (Å²) in [7, 11) is 0. The lowest BCUT2D eigenvalue weighted by Gasteiger charge is -2.16. The number of aliphatic carboxylic acids is 1. The minimum atomic E-state index is -1.01. The maximum Gasteiger partial charge on any atom is 0.333 e. The third kappa shape index (κ3) is 5.99. The van der Waals surface area contributed by atoms with Crippen LogP contribution in [0.15, 0.2) is 42.6 Å². The van der Waals surface area contributed by atoms with E-state index in [1.807, 2.05) is 38.1 Å². The summed E-state index contributed by atoms with van der Waals surface area (Å²) in [5, 5.41) is 13.1. The Bertz CT molecular complexity index is 1110. The summed E-state index contributed by atoms with van der Waals surface area (Å²) in [4.78, 5) is 33.9. The first-order chi connectivity index (χ1) is 15.2. The second kappa shape index (κ2) is 10.5. The molecular formula is C24H27N3O4S. The number of hydrogen-bond acceptors (Lipinski definition) is 6. The molecule has 168 valence electrons. The molecule has 0 radical (unpaired) electrons. The summed E-state index contributed by atoms with van der Waals surface area (Å²) in [5.74, 6) is -1.27. The van der Waals surface area contributed by atoms with Crippen LogP contribution in [-0.4, -0.2) is 39.2 Å². The van der Waals surface area contributed by atoms with Crippen molar-refractivity contribution in [2.24, 2.45) is 0 Å². The highest BCUT2D eigenvalue weighted by atomic mass is 32.1. The van der Waals surface area contributed by atoms with E-state index in [1.165, 1.54) is 11.3 Å². The standard InChI is InChI=1S/C24H27N3O4S/c1-14(2)31-20(24(29)30)12-17-9-10-25-18(11-17)13-26-22(28)21-16(4)32-23(27-21)19-8-6-5-7-15(19)3/h5-11,14,20H,12-13H2,1-4H3,(H,26,28)(H,29,30). The van der Waals surface area contributed by atoms with Gasteiger partial charge in [0.15, 0.2) is 6.10 Å². The molecular weight excluding hydrogens is 426 g/mol. The van der Waals surface area contributed by atoms with Crippen LogP contribution in [0.25, 0.3) is 10.6 Å². The molecule has 1 atom stereocenters. The molecule has 1 aromatic carbocycles. The fraction of sp³-hybridized carbons (Fsp3) is 0.333. The van der Waals surface area contributed by atoms with Gasteiger partial charge in [-0.25, -0.2) is 9.78 Å². The molecule has 0 saturated carbocycles. The number of carboxylic acid groups (broad SMARTS) is 1. The molecule has 0 aliphatic rings. The average Bonchev–Trinajstić information content (AvgIpc) is 3.13. The summed E-state index contributed by atoms with van der Waals surface area (Å²) in [6.45, 7) is 7.72. The first kappa shape index (κ1) is 23.6. The Kier molecular flexibility index (Phi) is 7.71. The van der Waals surface area contributed by atoms with E-state index in [4.69, 9.17) is 4.74 Å². The Morgan fingerprint density at radius 1 is 1.19 bits per heavy atom. The number of aryl methyl sites for hydroxylation is 2. The lowest BCUT2D eigenvalue weighted by Crippen LogP contribution is -2.29. The van der Waals surface area contributed by atoms with Crippen molar-refractivity contribution in [2.45, 2.75) is 52.9 Å². The Balaban J connectivity index is 1.67. The summed E-state index contributed by atoms with van der Waals surface area (Å²) in [5.41, 5.74) is 3.95. The third-order valence-electron chi connectivity index (χ3n) is 4.83. The number of rotatable bonds is 9. The lowest BCUT2D eigenvalue weighted by molar-refractivity contribution is -0.153. The van der Waals surface area contributed by atoms with Gasteiger partial charge in [-0.1, -0.05) is 24.3 Å². The number of ether oxygens (including phenoxy) is 1. The fourth-order valence-corrected chi connectivity index (χ4v) is 4.28. The second-order valence-electron chi connectivity index (χ2n) is 7.79. The zero-order valence-electron chi connectivity index (χ0n) is 18.6. The summed E-state index contributed by atoms with van der Waals surface area (Å²) in [6.07, 6.45) is 0.706. The van der Waals surface area contributed by atoms with Crippen molar-refractivity contribution in [1.82, 2.24) is 15.3 Å². The van der Waals surface area contributed by atoms with Gasteiger partial charge in [0.1, 0.15) is 10.7 Å². The molecule has 2 aromatic heterocycles. The van der Waals surface area contributed by atoms with Gasteiger partial charge in [0, 0.05) is 23.1 Å². The normalized spacial score (nSPS) is 12.0. The highest BCUT2D eigenvalue weighted by Crippen LogP contribution is 2.29. The third-order valence-corrected chi connectivity index (χ3v) is 5.84. The number of aromatic nitrogens is 2. The fourth-order valence-electron chi connectivity index (χ4n) is 3.28. The Morgan fingerprint density at radius 2 is 1.94 bits per heavy atom. The smallest absolute Gasteiger partial charge is 0.333 e. The van der Waals surface area contributed by atoms with Gasteiger partial charge in [-0.05, 0) is 51.0 Å². The molecule has 8 heteroatoms. The first-order valence-corrected chi connectivity index (χ1v) is 11.2. The van der Waals surface area contributed by atoms with Crippen molar-refractivity contribution in [3.8, 4) is 10.6 Å². The van der Waals surface area contributed by atoms with E-state index in [2.05, 4.69) is 15.3 Å². The van der Waals surface area contributed by atoms with Crippen LogP contribution in [0, 0.1) is 13.8 Å². The van der Waals surface area contributed by atoms with Crippen LogP contribution in [-0.2, 0) is 22.5 Å². The number of thiazole rings is 1. The van der Waals surface area contributed by atoms with E-state index in [-0.39, 0.29) is 25.0 Å². The number of nitrogens with one attached hydrogen (secondary N) is 1. The maximum absolute atomic E-state index is 12.7. The number of amides is 1. The van der Waals surface area contributed by atoms with Crippen molar-refractivity contribution in [1.29, 1.82) is 0 Å². The zero-order valence-corrected chi connectivity index (χ0v) is 19.4. The summed E-state index contributed by atoms with van der Waals surface area (Å²) >= 11 is 1.49. The number of benzene rings is 1. The van der Waals surface area contributed by atoms with Crippen LogP contribution in [0.5, 0.6) is 0 Å². The van der Waals surface area contributed by atoms with E-state index in [1.54, 1.807) is 32.2 Å². The predicted octanol–water partition coefficient (Wildman–Crippen LogP) is 4.17. The van der Waals surface area contributed by atoms with Crippen LogP contribution in [0.1, 0.15) is 46.0 Å². The van der Waals surface area contributed by atoms with Gasteiger partial charge in [0.25, 0.3) is 5.91 Å². The van der Waals surface area contributed by atoms with Crippen LogP contribution < -0.4 is 5.32 Å². The van der Waals surface area contributed by atoms with Crippen molar-refractivity contribution in [3.05, 3.63) is 70.0 Å². The van der Waals surface area contributed by atoms with Crippen molar-refractivity contribution in [2.75, 3.05) is 0 Å². The highest BCUT2D eigenvalue weighted by Gasteiger charge is 2.21. The molecule has 0 fully saturated rings. The molecule has 0 aliphatic heterocycles. The van der Waals surface area contributed by atoms with Gasteiger partial charge >= 0.3 is 5.97 Å². The molecule has 0 saturated heterocycles. The molecule has 2 heterocycles. The number of carboxylic acids is 1. The predicted molar refractivity (Wildman–Crippen MR) is 124 cm³/mol. The van der Waals surface area contributed by atoms with Crippen molar-refractivity contribution < 1.29 is 19.4 Å². The van der Waals surface area contributed by atoms with Crippen molar-refractivity contribution >= 4 is 23.2 Å². The van der Waals surface area contributed by atoms with Gasteiger partial charge in [-0.2, -0.15) is 0 Å². The Morgan fingerprint density at radius 3 is 2.62 bits per heavy atom. The zero-order chi connectivity index (χ0) is 23.3. The van der Waals surface area contributed by atoms with E-state index in [9.17, 15) is 14.7 Å². The van der Waals surface area contributed by atoms with E-state index in [0.29, 0.717) is 11.4 Å². The minimum Gasteiger partial charge on any atom is -0.479 e.